The number of hydrogen-bond acceptors (Lipinski definition) is 3. The summed E-state index contributed by atoms with van der Waals surface area (Å²) in [5, 5.41) is 5.10. The van der Waals surface area contributed by atoms with Gasteiger partial charge in [-0.25, -0.2) is 9.37 Å². The molecule has 2 aromatic heterocycles. The van der Waals surface area contributed by atoms with Gasteiger partial charge in [-0.3, -0.25) is 0 Å². The molecule has 0 aliphatic heterocycles. The number of nitrogens with two attached hydrogens (primary N) is 1. The Bertz CT molecular complexity index is 776. The van der Waals surface area contributed by atoms with E-state index in [2.05, 4.69) is 10.1 Å². The second-order valence-corrected chi connectivity index (χ2v) is 4.58. The van der Waals surface area contributed by atoms with Crippen LogP contribution in [0.15, 0.2) is 30.3 Å². The van der Waals surface area contributed by atoms with Crippen LogP contribution in [0.4, 0.5) is 10.2 Å². The second kappa shape index (κ2) is 4.05. The van der Waals surface area contributed by atoms with Gasteiger partial charge in [0.05, 0.1) is 11.2 Å². The highest BCUT2D eigenvalue weighted by Crippen LogP contribution is 2.22. The first-order valence-electron chi connectivity index (χ1n) is 5.94. The van der Waals surface area contributed by atoms with Crippen molar-refractivity contribution in [2.24, 2.45) is 0 Å². The molecule has 3 rings (SSSR count). The summed E-state index contributed by atoms with van der Waals surface area (Å²) < 4.78 is 14.8. The van der Waals surface area contributed by atoms with Crippen LogP contribution in [-0.2, 0) is 0 Å². The zero-order chi connectivity index (χ0) is 13.6. The lowest BCUT2D eigenvalue weighted by atomic mass is 10.1. The first-order chi connectivity index (χ1) is 9.04. The van der Waals surface area contributed by atoms with Gasteiger partial charge in [-0.15, -0.1) is 0 Å². The number of aromatic nitrogens is 3. The van der Waals surface area contributed by atoms with Gasteiger partial charge < -0.3 is 5.73 Å². The third kappa shape index (κ3) is 1.93. The molecule has 96 valence electrons. The molecule has 0 atom stereocenters. The molecule has 1 aromatic carbocycles. The van der Waals surface area contributed by atoms with Crippen molar-refractivity contribution in [2.45, 2.75) is 13.8 Å². The molecule has 3 aromatic rings. The van der Waals surface area contributed by atoms with E-state index in [1.807, 2.05) is 19.9 Å². The molecule has 5 heteroatoms. The highest BCUT2D eigenvalue weighted by molar-refractivity contribution is 5.83. The number of pyridine rings is 1. The van der Waals surface area contributed by atoms with Gasteiger partial charge in [-0.1, -0.05) is 0 Å². The molecule has 4 nitrogen and oxygen atoms in total. The summed E-state index contributed by atoms with van der Waals surface area (Å²) in [6, 6.07) is 8.18. The minimum atomic E-state index is -0.264. The number of rotatable bonds is 1. The van der Waals surface area contributed by atoms with Crippen LogP contribution in [0.5, 0.6) is 0 Å². The molecule has 0 amide bonds. The standard InChI is InChI=1S/C14H13FN4/c1-8-5-14(19-13(16)6-9(2)18-19)17-12-4-3-10(15)7-11(8)12/h3-7H,16H2,1-2H3. The maximum Gasteiger partial charge on any atom is 0.156 e. The average Bonchev–Trinajstić information content (AvgIpc) is 2.69. The maximum absolute atomic E-state index is 13.2. The van der Waals surface area contributed by atoms with Crippen LogP contribution in [-0.4, -0.2) is 14.8 Å². The van der Waals surface area contributed by atoms with Gasteiger partial charge in [0.2, 0.25) is 0 Å². The molecule has 0 spiro atoms. The number of fused-ring (bicyclic) bond motifs is 1. The molecule has 0 unspecified atom stereocenters. The highest BCUT2D eigenvalue weighted by atomic mass is 19.1. The summed E-state index contributed by atoms with van der Waals surface area (Å²) in [7, 11) is 0. The lowest BCUT2D eigenvalue weighted by Crippen LogP contribution is -2.05. The second-order valence-electron chi connectivity index (χ2n) is 4.58. The highest BCUT2D eigenvalue weighted by Gasteiger charge is 2.09. The van der Waals surface area contributed by atoms with Gasteiger partial charge in [0.1, 0.15) is 11.6 Å². The third-order valence-corrected chi connectivity index (χ3v) is 3.04. The molecule has 0 radical (unpaired) electrons. The minimum absolute atomic E-state index is 0.264. The van der Waals surface area contributed by atoms with Gasteiger partial charge >= 0.3 is 0 Å². The van der Waals surface area contributed by atoms with Crippen LogP contribution in [0.25, 0.3) is 16.7 Å². The van der Waals surface area contributed by atoms with E-state index in [1.165, 1.54) is 12.1 Å². The molecule has 0 fully saturated rings. The van der Waals surface area contributed by atoms with Crippen molar-refractivity contribution in [1.29, 1.82) is 0 Å². The SMILES string of the molecule is Cc1cc(N)n(-c2cc(C)c3cc(F)ccc3n2)n1. The van der Waals surface area contributed by atoms with Crippen LogP contribution in [0, 0.1) is 19.7 Å². The van der Waals surface area contributed by atoms with E-state index in [0.717, 1.165) is 22.2 Å². The fraction of sp³-hybridized carbons (Fsp3) is 0.143. The lowest BCUT2D eigenvalue weighted by molar-refractivity contribution is 0.629. The molecule has 0 aliphatic carbocycles. The predicted octanol–water partition coefficient (Wildman–Crippen LogP) is 2.76. The van der Waals surface area contributed by atoms with Gasteiger partial charge in [0, 0.05) is 11.5 Å². The number of nitrogens with zero attached hydrogens (tertiary/aromatic N) is 3. The largest absolute Gasteiger partial charge is 0.384 e. The molecule has 0 saturated carbocycles. The quantitative estimate of drug-likeness (QED) is 0.728. The Morgan fingerprint density at radius 1 is 1.16 bits per heavy atom. The normalized spacial score (nSPS) is 11.1. The Labute approximate surface area is 109 Å². The Hall–Kier alpha value is -2.43. The average molecular weight is 256 g/mol. The zero-order valence-electron chi connectivity index (χ0n) is 10.7. The number of anilines is 1. The van der Waals surface area contributed by atoms with Gasteiger partial charge in [-0.2, -0.15) is 9.78 Å². The smallest absolute Gasteiger partial charge is 0.156 e. The van der Waals surface area contributed by atoms with E-state index in [4.69, 9.17) is 5.73 Å². The first-order valence-corrected chi connectivity index (χ1v) is 5.94. The van der Waals surface area contributed by atoms with E-state index in [0.29, 0.717) is 11.6 Å². The fourth-order valence-electron chi connectivity index (χ4n) is 2.16. The lowest BCUT2D eigenvalue weighted by Gasteiger charge is -2.07. The van der Waals surface area contributed by atoms with E-state index in [9.17, 15) is 4.39 Å². The number of aryl methyl sites for hydroxylation is 2. The zero-order valence-corrected chi connectivity index (χ0v) is 10.7. The van der Waals surface area contributed by atoms with Crippen molar-refractivity contribution in [2.75, 3.05) is 5.73 Å². The van der Waals surface area contributed by atoms with Gasteiger partial charge in [-0.05, 0) is 43.7 Å². The number of hydrogen-bond donors (Lipinski definition) is 1. The molecule has 2 N–H and O–H groups in total. The number of benzene rings is 1. The summed E-state index contributed by atoms with van der Waals surface area (Å²) in [5.74, 6) is 0.910. The topological polar surface area (TPSA) is 56.7 Å². The van der Waals surface area contributed by atoms with E-state index in [-0.39, 0.29) is 5.82 Å². The van der Waals surface area contributed by atoms with Crippen LogP contribution in [0.2, 0.25) is 0 Å². The van der Waals surface area contributed by atoms with Crippen LogP contribution < -0.4 is 5.73 Å². The van der Waals surface area contributed by atoms with Crippen molar-refractivity contribution in [3.63, 3.8) is 0 Å². The van der Waals surface area contributed by atoms with Crippen molar-refractivity contribution >= 4 is 16.7 Å². The predicted molar refractivity (Wildman–Crippen MR) is 72.7 cm³/mol. The van der Waals surface area contributed by atoms with Crippen molar-refractivity contribution in [3.05, 3.63) is 47.4 Å². The molecular formula is C14H13FN4. The summed E-state index contributed by atoms with van der Waals surface area (Å²) in [5.41, 5.74) is 8.38. The summed E-state index contributed by atoms with van der Waals surface area (Å²) in [6.07, 6.45) is 0. The first kappa shape index (κ1) is 11.6. The van der Waals surface area contributed by atoms with Crippen LogP contribution in [0.1, 0.15) is 11.3 Å². The molecule has 19 heavy (non-hydrogen) atoms. The van der Waals surface area contributed by atoms with E-state index >= 15 is 0 Å². The molecule has 0 aliphatic rings. The summed E-state index contributed by atoms with van der Waals surface area (Å²) in [6.45, 7) is 3.79. The monoisotopic (exact) mass is 256 g/mol. The van der Waals surface area contributed by atoms with Crippen LogP contribution in [0.3, 0.4) is 0 Å². The van der Waals surface area contributed by atoms with E-state index < -0.39 is 0 Å². The van der Waals surface area contributed by atoms with Gasteiger partial charge in [0.25, 0.3) is 0 Å². The molecule has 2 heterocycles. The minimum Gasteiger partial charge on any atom is -0.384 e. The Balaban J connectivity index is 2.26. The third-order valence-electron chi connectivity index (χ3n) is 3.04. The summed E-state index contributed by atoms with van der Waals surface area (Å²) >= 11 is 0. The van der Waals surface area contributed by atoms with Gasteiger partial charge in [0.15, 0.2) is 5.82 Å². The van der Waals surface area contributed by atoms with Crippen molar-refractivity contribution in [1.82, 2.24) is 14.8 Å². The number of nitrogen functional groups attached to an aromatic ring is 1. The van der Waals surface area contributed by atoms with Crippen molar-refractivity contribution < 1.29 is 4.39 Å². The summed E-state index contributed by atoms with van der Waals surface area (Å²) in [4.78, 5) is 4.48. The maximum atomic E-state index is 13.2. The Morgan fingerprint density at radius 2 is 1.95 bits per heavy atom. The fourth-order valence-corrected chi connectivity index (χ4v) is 2.16. The molecule has 0 saturated heterocycles. The Morgan fingerprint density at radius 3 is 2.63 bits per heavy atom. The molecule has 0 bridgehead atoms. The van der Waals surface area contributed by atoms with E-state index in [1.54, 1.807) is 16.8 Å². The van der Waals surface area contributed by atoms with Crippen LogP contribution >= 0.6 is 0 Å². The molecular weight excluding hydrogens is 243 g/mol. The Kier molecular flexibility index (Phi) is 2.48. The number of halogens is 1. The van der Waals surface area contributed by atoms with Crippen molar-refractivity contribution in [3.8, 4) is 5.82 Å².